The maximum atomic E-state index is 14.3. The van der Waals surface area contributed by atoms with Gasteiger partial charge in [0.25, 0.3) is 5.91 Å². The van der Waals surface area contributed by atoms with Crippen LogP contribution in [0.25, 0.3) is 0 Å². The van der Waals surface area contributed by atoms with Gasteiger partial charge in [0.15, 0.2) is 5.67 Å². The Hall–Kier alpha value is -1.99. The van der Waals surface area contributed by atoms with E-state index >= 15 is 0 Å². The first-order valence-electron chi connectivity index (χ1n) is 10.4. The Morgan fingerprint density at radius 1 is 1.34 bits per heavy atom. The van der Waals surface area contributed by atoms with Gasteiger partial charge in [0.2, 0.25) is 5.91 Å². The lowest BCUT2D eigenvalue weighted by atomic mass is 9.88. The minimum Gasteiger partial charge on any atom is -0.393 e. The Morgan fingerprint density at radius 3 is 2.69 bits per heavy atom. The summed E-state index contributed by atoms with van der Waals surface area (Å²) in [5.41, 5.74) is 4.04. The lowest BCUT2D eigenvalue weighted by Crippen LogP contribution is -2.40. The fourth-order valence-corrected chi connectivity index (χ4v) is 3.51. The average molecular weight is 409 g/mol. The molecule has 162 valence electrons. The van der Waals surface area contributed by atoms with Crippen LogP contribution in [0.4, 0.5) is 4.39 Å². The highest BCUT2D eigenvalue weighted by Crippen LogP contribution is 2.24. The number of hydrogen-bond acceptors (Lipinski definition) is 4. The third kappa shape index (κ3) is 8.11. The lowest BCUT2D eigenvalue weighted by molar-refractivity contribution is -0.131. The van der Waals surface area contributed by atoms with E-state index in [1.807, 2.05) is 30.3 Å². The Kier molecular flexibility index (Phi) is 9.04. The van der Waals surface area contributed by atoms with Crippen molar-refractivity contribution in [1.29, 1.82) is 0 Å². The van der Waals surface area contributed by atoms with Crippen molar-refractivity contribution >= 4 is 11.8 Å². The van der Waals surface area contributed by atoms with Gasteiger partial charge in [-0.05, 0) is 57.4 Å². The van der Waals surface area contributed by atoms with Crippen LogP contribution >= 0.6 is 0 Å². The summed E-state index contributed by atoms with van der Waals surface area (Å²) in [4.78, 5) is 23.9. The van der Waals surface area contributed by atoms with Gasteiger partial charge in [0.1, 0.15) is 0 Å². The van der Waals surface area contributed by atoms with Gasteiger partial charge in [-0.2, -0.15) is 0 Å². The topological polar surface area (TPSA) is 102 Å². The predicted molar refractivity (Wildman–Crippen MR) is 109 cm³/mol. The standard InChI is InChI=1S/C22H33FN2O4/c1-22(23,21(24)28)12-11-17(20(27)25-15-19-8-5-13-29-19)14-18(26)10-9-16-6-3-2-4-7-16/h2-4,6-7,17-19,26H,5,8-15H2,1H3,(H2,24,28)(H,25,27)/t17-,18+,19?,22?/m1/s1. The molecule has 1 fully saturated rings. The van der Waals surface area contributed by atoms with Crippen molar-refractivity contribution in [3.8, 4) is 0 Å². The molecule has 1 heterocycles. The average Bonchev–Trinajstić information content (AvgIpc) is 3.22. The Bertz CT molecular complexity index is 647. The molecule has 29 heavy (non-hydrogen) atoms. The second-order valence-electron chi connectivity index (χ2n) is 8.09. The molecule has 2 rings (SSSR count). The predicted octanol–water partition coefficient (Wildman–Crippen LogP) is 2.28. The van der Waals surface area contributed by atoms with Crippen molar-refractivity contribution in [2.24, 2.45) is 11.7 Å². The smallest absolute Gasteiger partial charge is 0.254 e. The van der Waals surface area contributed by atoms with Crippen molar-refractivity contribution in [3.63, 3.8) is 0 Å². The number of benzene rings is 1. The first-order valence-corrected chi connectivity index (χ1v) is 10.4. The van der Waals surface area contributed by atoms with E-state index in [4.69, 9.17) is 10.5 Å². The summed E-state index contributed by atoms with van der Waals surface area (Å²) in [5.74, 6) is -1.89. The number of carbonyl (C=O) groups excluding carboxylic acids is 2. The molecule has 4 atom stereocenters. The van der Waals surface area contributed by atoms with Crippen molar-refractivity contribution < 1.29 is 23.8 Å². The minimum absolute atomic E-state index is 0.000311. The van der Waals surface area contributed by atoms with E-state index in [-0.39, 0.29) is 31.3 Å². The highest BCUT2D eigenvalue weighted by Gasteiger charge is 2.33. The fourth-order valence-electron chi connectivity index (χ4n) is 3.51. The summed E-state index contributed by atoms with van der Waals surface area (Å²) in [6, 6.07) is 9.78. The third-order valence-electron chi connectivity index (χ3n) is 5.54. The van der Waals surface area contributed by atoms with E-state index in [1.165, 1.54) is 0 Å². The minimum atomic E-state index is -2.18. The molecule has 1 aliphatic rings. The highest BCUT2D eigenvalue weighted by atomic mass is 19.1. The molecule has 1 saturated heterocycles. The van der Waals surface area contributed by atoms with Gasteiger partial charge in [-0.1, -0.05) is 30.3 Å². The van der Waals surface area contributed by atoms with Gasteiger partial charge in [0.05, 0.1) is 12.2 Å². The van der Waals surface area contributed by atoms with E-state index in [0.29, 0.717) is 26.0 Å². The summed E-state index contributed by atoms with van der Waals surface area (Å²) >= 11 is 0. The molecule has 7 heteroatoms. The number of nitrogens with one attached hydrogen (secondary N) is 1. The third-order valence-corrected chi connectivity index (χ3v) is 5.54. The monoisotopic (exact) mass is 408 g/mol. The van der Waals surface area contributed by atoms with Crippen LogP contribution in [0.3, 0.4) is 0 Å². The Morgan fingerprint density at radius 2 is 2.07 bits per heavy atom. The summed E-state index contributed by atoms with van der Waals surface area (Å²) in [6.07, 6.45) is 2.54. The van der Waals surface area contributed by atoms with Crippen molar-refractivity contribution in [1.82, 2.24) is 5.32 Å². The maximum absolute atomic E-state index is 14.3. The van der Waals surface area contributed by atoms with E-state index in [9.17, 15) is 19.1 Å². The van der Waals surface area contributed by atoms with E-state index in [2.05, 4.69) is 5.32 Å². The number of aryl methyl sites for hydroxylation is 1. The number of rotatable bonds is 12. The zero-order valence-electron chi connectivity index (χ0n) is 17.1. The van der Waals surface area contributed by atoms with Crippen LogP contribution in [-0.4, -0.2) is 47.9 Å². The molecule has 6 nitrogen and oxygen atoms in total. The molecule has 1 aromatic carbocycles. The van der Waals surface area contributed by atoms with Crippen LogP contribution in [0.5, 0.6) is 0 Å². The molecule has 0 aromatic heterocycles. The van der Waals surface area contributed by atoms with Crippen LogP contribution < -0.4 is 11.1 Å². The van der Waals surface area contributed by atoms with Crippen LogP contribution in [-0.2, 0) is 20.7 Å². The van der Waals surface area contributed by atoms with Crippen LogP contribution in [0.15, 0.2) is 30.3 Å². The highest BCUT2D eigenvalue weighted by molar-refractivity contribution is 5.83. The number of ether oxygens (including phenoxy) is 1. The SMILES string of the molecule is CC(F)(CC[C@H](C[C@@H](O)CCc1ccccc1)C(=O)NCC1CCCO1)C(N)=O. The largest absolute Gasteiger partial charge is 0.393 e. The first-order chi connectivity index (χ1) is 13.8. The first kappa shape index (κ1) is 23.3. The molecule has 1 aliphatic heterocycles. The van der Waals surface area contributed by atoms with Crippen molar-refractivity contribution in [2.45, 2.75) is 69.7 Å². The number of halogens is 1. The fraction of sp³-hybridized carbons (Fsp3) is 0.636. The molecule has 4 N–H and O–H groups in total. The maximum Gasteiger partial charge on any atom is 0.254 e. The number of aliphatic hydroxyl groups excluding tert-OH is 1. The summed E-state index contributed by atoms with van der Waals surface area (Å²) < 4.78 is 19.8. The second kappa shape index (κ2) is 11.3. The quantitative estimate of drug-likeness (QED) is 0.494. The van der Waals surface area contributed by atoms with Gasteiger partial charge in [-0.3, -0.25) is 9.59 Å². The number of carbonyl (C=O) groups is 2. The van der Waals surface area contributed by atoms with E-state index in [0.717, 1.165) is 25.3 Å². The molecule has 1 aromatic rings. The van der Waals surface area contributed by atoms with Gasteiger partial charge in [-0.15, -0.1) is 0 Å². The van der Waals surface area contributed by atoms with Crippen molar-refractivity contribution in [2.75, 3.05) is 13.2 Å². The molecular weight excluding hydrogens is 375 g/mol. The second-order valence-corrected chi connectivity index (χ2v) is 8.09. The molecule has 2 unspecified atom stereocenters. The Balaban J connectivity index is 1.90. The number of amides is 2. The van der Waals surface area contributed by atoms with Crippen LogP contribution in [0.1, 0.15) is 51.0 Å². The van der Waals surface area contributed by atoms with Gasteiger partial charge in [-0.25, -0.2) is 4.39 Å². The van der Waals surface area contributed by atoms with Gasteiger partial charge >= 0.3 is 0 Å². The molecule has 0 radical (unpaired) electrons. The lowest BCUT2D eigenvalue weighted by Gasteiger charge is -2.24. The van der Waals surface area contributed by atoms with Crippen molar-refractivity contribution in [3.05, 3.63) is 35.9 Å². The number of aliphatic hydroxyl groups is 1. The van der Waals surface area contributed by atoms with Gasteiger partial charge in [0, 0.05) is 19.1 Å². The zero-order chi connectivity index (χ0) is 21.3. The molecule has 0 saturated carbocycles. The van der Waals surface area contributed by atoms with E-state index < -0.39 is 23.6 Å². The number of alkyl halides is 1. The molecule has 0 bridgehead atoms. The number of nitrogens with two attached hydrogens (primary N) is 1. The number of primary amides is 1. The molecule has 0 spiro atoms. The molecule has 2 amide bonds. The summed E-state index contributed by atoms with van der Waals surface area (Å²) in [6.45, 7) is 2.22. The number of hydrogen-bond donors (Lipinski definition) is 3. The van der Waals surface area contributed by atoms with Crippen LogP contribution in [0, 0.1) is 5.92 Å². The normalized spacial score (nSPS) is 20.6. The van der Waals surface area contributed by atoms with E-state index in [1.54, 1.807) is 0 Å². The zero-order valence-corrected chi connectivity index (χ0v) is 17.1. The Labute approximate surface area is 172 Å². The van der Waals surface area contributed by atoms with Gasteiger partial charge < -0.3 is 20.9 Å². The summed E-state index contributed by atoms with van der Waals surface area (Å²) in [5, 5.41) is 13.3. The molecular formula is C22H33FN2O4. The molecule has 0 aliphatic carbocycles. The van der Waals surface area contributed by atoms with Crippen LogP contribution in [0.2, 0.25) is 0 Å². The summed E-state index contributed by atoms with van der Waals surface area (Å²) in [7, 11) is 0.